The summed E-state index contributed by atoms with van der Waals surface area (Å²) in [7, 11) is 0. The van der Waals surface area contributed by atoms with Crippen LogP contribution in [0.25, 0.3) is 0 Å². The summed E-state index contributed by atoms with van der Waals surface area (Å²) < 4.78 is 0. The number of rotatable bonds is 6. The number of carboxylic acid groups (broad SMARTS) is 1. The maximum atomic E-state index is 11.6. The molecule has 130 valence electrons. The Labute approximate surface area is 147 Å². The number of hydrogen-bond donors (Lipinski definition) is 1. The van der Waals surface area contributed by atoms with Gasteiger partial charge in [-0.3, -0.25) is 4.99 Å². The van der Waals surface area contributed by atoms with Crippen LogP contribution < -0.4 is 4.90 Å². The number of carbonyl (C=O) groups is 1. The van der Waals surface area contributed by atoms with Gasteiger partial charge in [0.15, 0.2) is 0 Å². The molecule has 1 aliphatic rings. The van der Waals surface area contributed by atoms with Crippen molar-refractivity contribution >= 4 is 18.3 Å². The molecular weight excluding hydrogens is 316 g/mol. The average molecular weight is 338 g/mol. The first-order valence-electron chi connectivity index (χ1n) is 8.59. The number of anilines is 1. The second kappa shape index (κ2) is 8.37. The highest BCUT2D eigenvalue weighted by Gasteiger charge is 2.18. The second-order valence-corrected chi connectivity index (χ2v) is 6.28. The van der Waals surface area contributed by atoms with E-state index in [9.17, 15) is 9.90 Å². The molecule has 3 rings (SSSR count). The smallest absolute Gasteiger partial charge is 0.414 e. The van der Waals surface area contributed by atoms with Crippen LogP contribution in [0, 0.1) is 5.92 Å². The molecule has 25 heavy (non-hydrogen) atoms. The van der Waals surface area contributed by atoms with Gasteiger partial charge in [-0.1, -0.05) is 43.2 Å². The lowest BCUT2D eigenvalue weighted by molar-refractivity contribution is 0.201. The van der Waals surface area contributed by atoms with Gasteiger partial charge in [0.05, 0.1) is 12.2 Å². The van der Waals surface area contributed by atoms with Gasteiger partial charge in [0, 0.05) is 19.0 Å². The highest BCUT2D eigenvalue weighted by atomic mass is 16.4. The summed E-state index contributed by atoms with van der Waals surface area (Å²) in [6.07, 6.45) is 7.29. The fourth-order valence-corrected chi connectivity index (χ4v) is 3.04. The molecule has 0 atom stereocenters. The Morgan fingerprint density at radius 2 is 2.00 bits per heavy atom. The highest BCUT2D eigenvalue weighted by molar-refractivity contribution is 5.84. The molecule has 1 aliphatic carbocycles. The third-order valence-electron chi connectivity index (χ3n) is 4.38. The Morgan fingerprint density at radius 1 is 1.24 bits per heavy atom. The van der Waals surface area contributed by atoms with E-state index in [1.54, 1.807) is 18.5 Å². The van der Waals surface area contributed by atoms with Gasteiger partial charge in [0.25, 0.3) is 0 Å². The number of nitrogens with zero attached hydrogens (tertiary/aromatic N) is 4. The monoisotopic (exact) mass is 338 g/mol. The molecule has 1 amide bonds. The van der Waals surface area contributed by atoms with Crippen LogP contribution in [0.2, 0.25) is 0 Å². The van der Waals surface area contributed by atoms with Crippen molar-refractivity contribution < 1.29 is 9.90 Å². The molecule has 1 aromatic carbocycles. The first-order valence-corrected chi connectivity index (χ1v) is 8.59. The van der Waals surface area contributed by atoms with Crippen molar-refractivity contribution in [3.05, 3.63) is 53.9 Å². The zero-order valence-corrected chi connectivity index (χ0v) is 14.1. The molecule has 2 aromatic rings. The topological polar surface area (TPSA) is 78.7 Å². The van der Waals surface area contributed by atoms with E-state index >= 15 is 0 Å². The Bertz CT molecular complexity index is 727. The van der Waals surface area contributed by atoms with E-state index in [1.165, 1.54) is 25.7 Å². The molecule has 6 heteroatoms. The van der Waals surface area contributed by atoms with Crippen molar-refractivity contribution in [2.24, 2.45) is 10.9 Å². The third kappa shape index (κ3) is 4.86. The van der Waals surface area contributed by atoms with Crippen LogP contribution in [-0.4, -0.2) is 33.9 Å². The van der Waals surface area contributed by atoms with Crippen molar-refractivity contribution in [3.8, 4) is 0 Å². The van der Waals surface area contributed by atoms with Crippen molar-refractivity contribution in [2.45, 2.75) is 32.2 Å². The first kappa shape index (κ1) is 17.1. The third-order valence-corrected chi connectivity index (χ3v) is 4.38. The summed E-state index contributed by atoms with van der Waals surface area (Å²) in [6, 6.07) is 11.1. The number of benzene rings is 1. The van der Waals surface area contributed by atoms with E-state index in [-0.39, 0.29) is 12.5 Å². The standard InChI is InChI=1S/C19H22N4O2/c24-19(25)23(14-16-8-2-1-3-9-16)18-21-11-10-17(22-18)13-20-12-15-6-4-5-7-15/h1-3,8-11,13,15H,4-7,12,14H2,(H,24,25)/b20-13+. The molecule has 0 saturated heterocycles. The number of aliphatic imine (C=N–C) groups is 1. The van der Waals surface area contributed by atoms with Crippen LogP contribution in [0.3, 0.4) is 0 Å². The Morgan fingerprint density at radius 3 is 2.72 bits per heavy atom. The lowest BCUT2D eigenvalue weighted by atomic mass is 10.1. The van der Waals surface area contributed by atoms with Crippen LogP contribution in [0.15, 0.2) is 47.6 Å². The lowest BCUT2D eigenvalue weighted by Gasteiger charge is -2.17. The van der Waals surface area contributed by atoms with Crippen molar-refractivity contribution in [1.29, 1.82) is 0 Å². The Hall–Kier alpha value is -2.76. The summed E-state index contributed by atoms with van der Waals surface area (Å²) in [6.45, 7) is 1.02. The van der Waals surface area contributed by atoms with E-state index < -0.39 is 6.09 Å². The lowest BCUT2D eigenvalue weighted by Crippen LogP contribution is -2.30. The number of aromatic nitrogens is 2. The minimum absolute atomic E-state index is 0.168. The molecule has 0 bridgehead atoms. The van der Waals surface area contributed by atoms with Crippen molar-refractivity contribution in [1.82, 2.24) is 9.97 Å². The molecule has 0 aliphatic heterocycles. The van der Waals surface area contributed by atoms with E-state index in [4.69, 9.17) is 0 Å². The molecule has 6 nitrogen and oxygen atoms in total. The van der Waals surface area contributed by atoms with Gasteiger partial charge < -0.3 is 5.11 Å². The highest BCUT2D eigenvalue weighted by Crippen LogP contribution is 2.24. The van der Waals surface area contributed by atoms with Crippen LogP contribution in [0.1, 0.15) is 36.9 Å². The molecule has 1 fully saturated rings. The van der Waals surface area contributed by atoms with Crippen molar-refractivity contribution in [2.75, 3.05) is 11.4 Å². The van der Waals surface area contributed by atoms with E-state index in [2.05, 4.69) is 15.0 Å². The summed E-state index contributed by atoms with van der Waals surface area (Å²) in [5, 5.41) is 9.51. The fourth-order valence-electron chi connectivity index (χ4n) is 3.04. The largest absolute Gasteiger partial charge is 0.465 e. The number of amides is 1. The van der Waals surface area contributed by atoms with Gasteiger partial charge in [-0.15, -0.1) is 0 Å². The predicted molar refractivity (Wildman–Crippen MR) is 97.1 cm³/mol. The summed E-state index contributed by atoms with van der Waals surface area (Å²) in [5.41, 5.74) is 1.51. The van der Waals surface area contributed by atoms with Gasteiger partial charge in [-0.25, -0.2) is 19.7 Å². The molecule has 1 saturated carbocycles. The maximum absolute atomic E-state index is 11.6. The van der Waals surface area contributed by atoms with Gasteiger partial charge in [0.1, 0.15) is 0 Å². The first-order chi connectivity index (χ1) is 12.2. The van der Waals surface area contributed by atoms with E-state index in [0.717, 1.165) is 17.0 Å². The fraction of sp³-hybridized carbons (Fsp3) is 0.368. The molecule has 0 spiro atoms. The van der Waals surface area contributed by atoms with Crippen LogP contribution >= 0.6 is 0 Å². The normalized spacial score (nSPS) is 14.9. The van der Waals surface area contributed by atoms with Crippen molar-refractivity contribution in [3.63, 3.8) is 0 Å². The minimum Gasteiger partial charge on any atom is -0.465 e. The van der Waals surface area contributed by atoms with Gasteiger partial charge >= 0.3 is 6.09 Å². The van der Waals surface area contributed by atoms with E-state index in [1.807, 2.05) is 30.3 Å². The quantitative estimate of drug-likeness (QED) is 0.813. The maximum Gasteiger partial charge on any atom is 0.414 e. The van der Waals surface area contributed by atoms with Crippen LogP contribution in [-0.2, 0) is 6.54 Å². The SMILES string of the molecule is O=C(O)N(Cc1ccccc1)c1nccc(/C=N/CC2CCCC2)n1. The molecule has 1 heterocycles. The molecule has 0 radical (unpaired) electrons. The molecule has 0 unspecified atom stereocenters. The Balaban J connectivity index is 1.71. The van der Waals surface area contributed by atoms with Gasteiger partial charge in [-0.2, -0.15) is 0 Å². The van der Waals surface area contributed by atoms with Gasteiger partial charge in [-0.05, 0) is 30.4 Å². The van der Waals surface area contributed by atoms with Crippen LogP contribution in [0.4, 0.5) is 10.7 Å². The van der Waals surface area contributed by atoms with Crippen LogP contribution in [0.5, 0.6) is 0 Å². The summed E-state index contributed by atoms with van der Waals surface area (Å²) >= 11 is 0. The average Bonchev–Trinajstić information content (AvgIpc) is 3.14. The number of hydrogen-bond acceptors (Lipinski definition) is 4. The molecular formula is C19H22N4O2. The zero-order chi connectivity index (χ0) is 17.5. The predicted octanol–water partition coefficient (Wildman–Crippen LogP) is 3.77. The van der Waals surface area contributed by atoms with E-state index in [0.29, 0.717) is 11.6 Å². The minimum atomic E-state index is -1.08. The van der Waals surface area contributed by atoms with Gasteiger partial charge in [0.2, 0.25) is 5.95 Å². The second-order valence-electron chi connectivity index (χ2n) is 6.28. The Kier molecular flexibility index (Phi) is 5.72. The summed E-state index contributed by atoms with van der Waals surface area (Å²) in [4.78, 5) is 25.7. The molecule has 1 N–H and O–H groups in total. The summed E-state index contributed by atoms with van der Waals surface area (Å²) in [5.74, 6) is 0.840. The zero-order valence-electron chi connectivity index (χ0n) is 14.1. The molecule has 1 aromatic heterocycles.